The molecule has 3 heteroatoms. The molecule has 1 heterocycles. The molecule has 0 aliphatic carbocycles. The van der Waals surface area contributed by atoms with Gasteiger partial charge in [-0.3, -0.25) is 9.80 Å². The van der Waals surface area contributed by atoms with Gasteiger partial charge >= 0.3 is 0 Å². The smallest absolute Gasteiger partial charge is 0.0392 e. The van der Waals surface area contributed by atoms with Crippen molar-refractivity contribution >= 4 is 11.6 Å². The third-order valence-corrected chi connectivity index (χ3v) is 4.70. The van der Waals surface area contributed by atoms with E-state index in [1.807, 2.05) is 0 Å². The summed E-state index contributed by atoms with van der Waals surface area (Å²) in [6.45, 7) is 5.25. The lowest BCUT2D eigenvalue weighted by Gasteiger charge is -2.40. The Morgan fingerprint density at radius 1 is 0.818 bits per heavy atom. The minimum Gasteiger partial charge on any atom is -0.296 e. The van der Waals surface area contributed by atoms with Gasteiger partial charge < -0.3 is 0 Å². The van der Waals surface area contributed by atoms with E-state index in [2.05, 4.69) is 70.5 Å². The Labute approximate surface area is 138 Å². The molecule has 116 valence electrons. The number of halogens is 1. The Hall–Kier alpha value is -1.35. The molecule has 0 N–H and O–H groups in total. The highest BCUT2D eigenvalue weighted by molar-refractivity contribution is 6.18. The summed E-state index contributed by atoms with van der Waals surface area (Å²) in [5.74, 6) is 0.693. The second-order valence-corrected chi connectivity index (χ2v) is 6.29. The minimum absolute atomic E-state index is 0.430. The van der Waals surface area contributed by atoms with E-state index in [0.717, 1.165) is 32.7 Å². The summed E-state index contributed by atoms with van der Waals surface area (Å²) in [7, 11) is 0. The van der Waals surface area contributed by atoms with Gasteiger partial charge in [0, 0.05) is 44.6 Å². The minimum atomic E-state index is 0.430. The molecule has 0 radical (unpaired) electrons. The molecule has 0 amide bonds. The lowest BCUT2D eigenvalue weighted by atomic mass is 10.1. The van der Waals surface area contributed by atoms with Gasteiger partial charge in [-0.2, -0.15) is 0 Å². The monoisotopic (exact) mass is 314 g/mol. The van der Waals surface area contributed by atoms with Gasteiger partial charge in [-0.1, -0.05) is 60.7 Å². The molecule has 1 saturated heterocycles. The van der Waals surface area contributed by atoms with Crippen LogP contribution in [-0.4, -0.2) is 41.4 Å². The van der Waals surface area contributed by atoms with Crippen molar-refractivity contribution in [3.63, 3.8) is 0 Å². The van der Waals surface area contributed by atoms with Crippen molar-refractivity contribution in [1.82, 2.24) is 9.80 Å². The molecule has 2 aromatic carbocycles. The van der Waals surface area contributed by atoms with E-state index in [4.69, 9.17) is 11.6 Å². The van der Waals surface area contributed by atoms with E-state index in [1.54, 1.807) is 0 Å². The highest BCUT2D eigenvalue weighted by Gasteiger charge is 2.26. The van der Waals surface area contributed by atoms with E-state index in [0.29, 0.717) is 11.9 Å². The van der Waals surface area contributed by atoms with E-state index in [1.165, 1.54) is 11.1 Å². The molecule has 2 aromatic rings. The van der Waals surface area contributed by atoms with E-state index >= 15 is 0 Å². The maximum atomic E-state index is 6.24. The summed E-state index contributed by atoms with van der Waals surface area (Å²) in [5, 5.41) is 0. The topological polar surface area (TPSA) is 6.48 Å². The summed E-state index contributed by atoms with van der Waals surface area (Å²) in [4.78, 5) is 5.04. The van der Waals surface area contributed by atoms with Gasteiger partial charge in [-0.15, -0.1) is 11.6 Å². The molecule has 0 unspecified atom stereocenters. The maximum Gasteiger partial charge on any atom is 0.0392 e. The first-order chi connectivity index (χ1) is 10.8. The Morgan fingerprint density at radius 3 is 2.00 bits per heavy atom. The Morgan fingerprint density at radius 2 is 1.41 bits per heavy atom. The van der Waals surface area contributed by atoms with Crippen molar-refractivity contribution in [1.29, 1.82) is 0 Å². The van der Waals surface area contributed by atoms with Gasteiger partial charge in [-0.25, -0.2) is 0 Å². The van der Waals surface area contributed by atoms with Crippen molar-refractivity contribution in [2.75, 3.05) is 25.5 Å². The summed E-state index contributed by atoms with van der Waals surface area (Å²) >= 11 is 6.24. The van der Waals surface area contributed by atoms with Crippen LogP contribution in [-0.2, 0) is 13.1 Å². The molecule has 2 nitrogen and oxygen atoms in total. The molecule has 0 bridgehead atoms. The van der Waals surface area contributed by atoms with E-state index < -0.39 is 0 Å². The molecule has 0 spiro atoms. The average molecular weight is 315 g/mol. The van der Waals surface area contributed by atoms with Crippen LogP contribution in [0.3, 0.4) is 0 Å². The number of nitrogens with zero attached hydrogens (tertiary/aromatic N) is 2. The summed E-state index contributed by atoms with van der Waals surface area (Å²) in [6.07, 6.45) is 0. The van der Waals surface area contributed by atoms with Crippen molar-refractivity contribution < 1.29 is 0 Å². The molecular formula is C19H23ClN2. The zero-order valence-electron chi connectivity index (χ0n) is 12.9. The molecule has 1 atom stereocenters. The first kappa shape index (κ1) is 15.5. The SMILES string of the molecule is ClC[C@@H]1CN(Cc2ccccc2)CCN1Cc1ccccc1. The summed E-state index contributed by atoms with van der Waals surface area (Å²) < 4.78 is 0. The third kappa shape index (κ3) is 4.10. The standard InChI is InChI=1S/C19H23ClN2/c20-13-19-16-21(14-17-7-3-1-4-8-17)11-12-22(19)15-18-9-5-2-6-10-18/h1-10,19H,11-16H2/t19-/m1/s1. The highest BCUT2D eigenvalue weighted by atomic mass is 35.5. The van der Waals surface area contributed by atoms with Crippen LogP contribution >= 0.6 is 11.6 Å². The zero-order valence-corrected chi connectivity index (χ0v) is 13.6. The van der Waals surface area contributed by atoms with Crippen LogP contribution in [0.5, 0.6) is 0 Å². The second kappa shape index (κ2) is 7.77. The Balaban J connectivity index is 1.59. The fourth-order valence-electron chi connectivity index (χ4n) is 3.11. The predicted octanol–water partition coefficient (Wildman–Crippen LogP) is 3.61. The summed E-state index contributed by atoms with van der Waals surface area (Å²) in [5.41, 5.74) is 2.75. The van der Waals surface area contributed by atoms with Gasteiger partial charge in [0.2, 0.25) is 0 Å². The van der Waals surface area contributed by atoms with E-state index in [9.17, 15) is 0 Å². The molecule has 0 saturated carbocycles. The lowest BCUT2D eigenvalue weighted by Crippen LogP contribution is -2.53. The normalized spacial score (nSPS) is 20.1. The predicted molar refractivity (Wildman–Crippen MR) is 93.1 cm³/mol. The first-order valence-corrected chi connectivity index (χ1v) is 8.49. The summed E-state index contributed by atoms with van der Waals surface area (Å²) in [6, 6.07) is 21.8. The third-order valence-electron chi connectivity index (χ3n) is 4.34. The molecule has 1 fully saturated rings. The Bertz CT molecular complexity index is 558. The van der Waals surface area contributed by atoms with Crippen LogP contribution < -0.4 is 0 Å². The molecular weight excluding hydrogens is 292 g/mol. The number of alkyl halides is 1. The number of hydrogen-bond donors (Lipinski definition) is 0. The van der Waals surface area contributed by atoms with Crippen molar-refractivity contribution in [3.8, 4) is 0 Å². The largest absolute Gasteiger partial charge is 0.296 e. The van der Waals surface area contributed by atoms with Crippen LogP contribution in [0.4, 0.5) is 0 Å². The van der Waals surface area contributed by atoms with Crippen LogP contribution in [0, 0.1) is 0 Å². The van der Waals surface area contributed by atoms with Crippen molar-refractivity contribution in [2.24, 2.45) is 0 Å². The molecule has 22 heavy (non-hydrogen) atoms. The number of rotatable bonds is 5. The number of benzene rings is 2. The Kier molecular flexibility index (Phi) is 5.49. The fraction of sp³-hybridized carbons (Fsp3) is 0.368. The van der Waals surface area contributed by atoms with Crippen LogP contribution in [0.25, 0.3) is 0 Å². The second-order valence-electron chi connectivity index (χ2n) is 5.98. The highest BCUT2D eigenvalue weighted by Crippen LogP contribution is 2.17. The molecule has 3 rings (SSSR count). The van der Waals surface area contributed by atoms with Gasteiger partial charge in [0.05, 0.1) is 0 Å². The van der Waals surface area contributed by atoms with Gasteiger partial charge in [0.1, 0.15) is 0 Å². The number of piperazine rings is 1. The molecule has 0 aromatic heterocycles. The van der Waals surface area contributed by atoms with Crippen LogP contribution in [0.2, 0.25) is 0 Å². The van der Waals surface area contributed by atoms with Crippen molar-refractivity contribution in [2.45, 2.75) is 19.1 Å². The van der Waals surface area contributed by atoms with Crippen LogP contribution in [0.15, 0.2) is 60.7 Å². The van der Waals surface area contributed by atoms with Crippen LogP contribution in [0.1, 0.15) is 11.1 Å². The van der Waals surface area contributed by atoms with E-state index in [-0.39, 0.29) is 0 Å². The molecule has 1 aliphatic rings. The van der Waals surface area contributed by atoms with Crippen molar-refractivity contribution in [3.05, 3.63) is 71.8 Å². The van der Waals surface area contributed by atoms with Gasteiger partial charge in [-0.05, 0) is 11.1 Å². The van der Waals surface area contributed by atoms with Gasteiger partial charge in [0.15, 0.2) is 0 Å². The lowest BCUT2D eigenvalue weighted by molar-refractivity contribution is 0.0749. The molecule has 1 aliphatic heterocycles. The average Bonchev–Trinajstić information content (AvgIpc) is 2.58. The number of hydrogen-bond acceptors (Lipinski definition) is 2. The first-order valence-electron chi connectivity index (χ1n) is 7.95. The van der Waals surface area contributed by atoms with Gasteiger partial charge in [0.25, 0.3) is 0 Å². The fourth-order valence-corrected chi connectivity index (χ4v) is 3.41. The zero-order chi connectivity index (χ0) is 15.2. The quantitative estimate of drug-likeness (QED) is 0.778. The maximum absolute atomic E-state index is 6.24.